The molecule has 0 aromatic heterocycles. The number of rotatable bonds is 4. The number of sulfonamides is 1. The highest BCUT2D eigenvalue weighted by atomic mass is 32.2. The number of nitrogens with zero attached hydrogens (tertiary/aromatic N) is 1. The van der Waals surface area contributed by atoms with Gasteiger partial charge in [-0.1, -0.05) is 6.07 Å². The van der Waals surface area contributed by atoms with Gasteiger partial charge in [0.1, 0.15) is 11.3 Å². The van der Waals surface area contributed by atoms with Crippen LogP contribution in [0.3, 0.4) is 0 Å². The molecule has 0 atom stereocenters. The first-order valence-corrected chi connectivity index (χ1v) is 7.88. The maximum atomic E-state index is 12.2. The van der Waals surface area contributed by atoms with Crippen molar-refractivity contribution in [3.8, 4) is 5.75 Å². The number of benzene rings is 2. The standard InChI is InChI=1S/C15H17NO5S/c1-16(2)22(18,19)12-6-5-10-9-14(20-3)13(15(17)21-4)8-11(10)7-12/h5-9H,1-4H3. The molecule has 0 aliphatic carbocycles. The summed E-state index contributed by atoms with van der Waals surface area (Å²) < 4.78 is 35.4. The third kappa shape index (κ3) is 2.77. The van der Waals surface area contributed by atoms with Gasteiger partial charge in [-0.2, -0.15) is 0 Å². The fraction of sp³-hybridized carbons (Fsp3) is 0.267. The quantitative estimate of drug-likeness (QED) is 0.803. The van der Waals surface area contributed by atoms with Crippen molar-refractivity contribution in [3.63, 3.8) is 0 Å². The van der Waals surface area contributed by atoms with Gasteiger partial charge in [-0.3, -0.25) is 0 Å². The van der Waals surface area contributed by atoms with Gasteiger partial charge in [0.2, 0.25) is 10.0 Å². The van der Waals surface area contributed by atoms with Gasteiger partial charge >= 0.3 is 5.97 Å². The monoisotopic (exact) mass is 323 g/mol. The van der Waals surface area contributed by atoms with Crippen LogP contribution in [-0.4, -0.2) is 47.0 Å². The summed E-state index contributed by atoms with van der Waals surface area (Å²) in [5.74, 6) is -0.165. The second-order valence-corrected chi connectivity index (χ2v) is 6.99. The molecule has 0 bridgehead atoms. The van der Waals surface area contributed by atoms with E-state index >= 15 is 0 Å². The van der Waals surface area contributed by atoms with Gasteiger partial charge in [0, 0.05) is 14.1 Å². The van der Waals surface area contributed by atoms with Gasteiger partial charge < -0.3 is 9.47 Å². The van der Waals surface area contributed by atoms with Crippen LogP contribution in [0.2, 0.25) is 0 Å². The van der Waals surface area contributed by atoms with Crippen molar-refractivity contribution >= 4 is 26.8 Å². The van der Waals surface area contributed by atoms with E-state index in [-0.39, 0.29) is 10.5 Å². The summed E-state index contributed by atoms with van der Waals surface area (Å²) in [6.45, 7) is 0. The van der Waals surface area contributed by atoms with Gasteiger partial charge in [0.05, 0.1) is 19.1 Å². The maximum absolute atomic E-state index is 12.2. The smallest absolute Gasteiger partial charge is 0.341 e. The molecular weight excluding hydrogens is 306 g/mol. The molecule has 2 rings (SSSR count). The van der Waals surface area contributed by atoms with Crippen molar-refractivity contribution in [3.05, 3.63) is 35.9 Å². The third-order valence-corrected chi connectivity index (χ3v) is 5.13. The van der Waals surface area contributed by atoms with Gasteiger partial charge in [-0.05, 0) is 35.0 Å². The average Bonchev–Trinajstić information content (AvgIpc) is 2.51. The number of esters is 1. The zero-order valence-corrected chi connectivity index (χ0v) is 13.6. The SMILES string of the molecule is COC(=O)c1cc2cc(S(=O)(=O)N(C)C)ccc2cc1OC. The lowest BCUT2D eigenvalue weighted by Gasteiger charge is -2.13. The second-order valence-electron chi connectivity index (χ2n) is 4.84. The Balaban J connectivity index is 2.69. The van der Waals surface area contributed by atoms with E-state index in [2.05, 4.69) is 0 Å². The van der Waals surface area contributed by atoms with Crippen LogP contribution >= 0.6 is 0 Å². The average molecular weight is 323 g/mol. The first-order valence-electron chi connectivity index (χ1n) is 6.44. The van der Waals surface area contributed by atoms with Crippen molar-refractivity contribution in [2.24, 2.45) is 0 Å². The van der Waals surface area contributed by atoms with Crippen LogP contribution in [0.15, 0.2) is 35.2 Å². The fourth-order valence-corrected chi connectivity index (χ4v) is 3.00. The molecule has 6 nitrogen and oxygen atoms in total. The molecule has 0 unspecified atom stereocenters. The van der Waals surface area contributed by atoms with E-state index in [9.17, 15) is 13.2 Å². The summed E-state index contributed by atoms with van der Waals surface area (Å²) in [7, 11) is 2.13. The molecule has 0 saturated heterocycles. The van der Waals surface area contributed by atoms with E-state index in [1.807, 2.05) is 0 Å². The Bertz CT molecular complexity index is 827. The summed E-state index contributed by atoms with van der Waals surface area (Å²) in [5.41, 5.74) is 0.247. The third-order valence-electron chi connectivity index (χ3n) is 3.31. The van der Waals surface area contributed by atoms with Crippen LogP contribution in [0.4, 0.5) is 0 Å². The van der Waals surface area contributed by atoms with Crippen molar-refractivity contribution in [1.29, 1.82) is 0 Å². The first-order chi connectivity index (χ1) is 10.3. The number of carbonyl (C=O) groups excluding carboxylic acids is 1. The summed E-state index contributed by atoms with van der Waals surface area (Å²) in [5, 5.41) is 1.38. The molecule has 0 radical (unpaired) electrons. The Morgan fingerprint density at radius 1 is 1.05 bits per heavy atom. The molecule has 0 N–H and O–H groups in total. The topological polar surface area (TPSA) is 72.9 Å². The Morgan fingerprint density at radius 3 is 2.27 bits per heavy atom. The number of methoxy groups -OCH3 is 2. The molecule has 0 heterocycles. The normalized spacial score (nSPS) is 11.7. The minimum absolute atomic E-state index is 0.158. The molecule has 22 heavy (non-hydrogen) atoms. The molecule has 0 fully saturated rings. The molecular formula is C15H17NO5S. The maximum Gasteiger partial charge on any atom is 0.341 e. The van der Waals surface area contributed by atoms with E-state index < -0.39 is 16.0 Å². The van der Waals surface area contributed by atoms with Crippen LogP contribution in [0.25, 0.3) is 10.8 Å². The van der Waals surface area contributed by atoms with Gasteiger partial charge in [-0.15, -0.1) is 0 Å². The second kappa shape index (κ2) is 5.94. The number of hydrogen-bond donors (Lipinski definition) is 0. The zero-order chi connectivity index (χ0) is 16.5. The number of ether oxygens (including phenoxy) is 2. The minimum Gasteiger partial charge on any atom is -0.496 e. The van der Waals surface area contributed by atoms with Crippen LogP contribution in [-0.2, 0) is 14.8 Å². The summed E-state index contributed by atoms with van der Waals surface area (Å²) in [6, 6.07) is 7.96. The molecule has 0 amide bonds. The summed E-state index contributed by atoms with van der Waals surface area (Å²) >= 11 is 0. The lowest BCUT2D eigenvalue weighted by molar-refractivity contribution is 0.0597. The Morgan fingerprint density at radius 2 is 1.73 bits per heavy atom. The van der Waals surface area contributed by atoms with E-state index in [0.717, 1.165) is 9.69 Å². The molecule has 2 aromatic rings. The zero-order valence-electron chi connectivity index (χ0n) is 12.8. The fourth-order valence-electron chi connectivity index (χ4n) is 2.06. The van der Waals surface area contributed by atoms with E-state index in [0.29, 0.717) is 11.1 Å². The van der Waals surface area contributed by atoms with Crippen molar-refractivity contribution < 1.29 is 22.7 Å². The first kappa shape index (κ1) is 16.3. The summed E-state index contributed by atoms with van der Waals surface area (Å²) in [4.78, 5) is 12.0. The number of fused-ring (bicyclic) bond motifs is 1. The van der Waals surface area contributed by atoms with Crippen LogP contribution in [0, 0.1) is 0 Å². The Kier molecular flexibility index (Phi) is 4.39. The number of hydrogen-bond acceptors (Lipinski definition) is 5. The lowest BCUT2D eigenvalue weighted by Crippen LogP contribution is -2.22. The van der Waals surface area contributed by atoms with Crippen molar-refractivity contribution in [2.45, 2.75) is 4.90 Å². The van der Waals surface area contributed by atoms with E-state index in [1.54, 1.807) is 18.2 Å². The van der Waals surface area contributed by atoms with Crippen LogP contribution < -0.4 is 4.74 Å². The predicted molar refractivity (Wildman–Crippen MR) is 82.7 cm³/mol. The van der Waals surface area contributed by atoms with Crippen LogP contribution in [0.1, 0.15) is 10.4 Å². The highest BCUT2D eigenvalue weighted by molar-refractivity contribution is 7.89. The number of carbonyl (C=O) groups is 1. The Labute approximate surface area is 129 Å². The van der Waals surface area contributed by atoms with Crippen LogP contribution in [0.5, 0.6) is 5.75 Å². The van der Waals surface area contributed by atoms with E-state index in [1.165, 1.54) is 40.4 Å². The largest absolute Gasteiger partial charge is 0.496 e. The lowest BCUT2D eigenvalue weighted by atomic mass is 10.1. The predicted octanol–water partition coefficient (Wildman–Crippen LogP) is 1.89. The molecule has 0 saturated carbocycles. The van der Waals surface area contributed by atoms with Crippen molar-refractivity contribution in [1.82, 2.24) is 4.31 Å². The summed E-state index contributed by atoms with van der Waals surface area (Å²) in [6.07, 6.45) is 0. The Hall–Kier alpha value is -2.12. The molecule has 0 aliphatic rings. The minimum atomic E-state index is -3.54. The molecule has 0 spiro atoms. The van der Waals surface area contributed by atoms with Gasteiger partial charge in [0.15, 0.2) is 0 Å². The van der Waals surface area contributed by atoms with E-state index in [4.69, 9.17) is 9.47 Å². The van der Waals surface area contributed by atoms with Gasteiger partial charge in [-0.25, -0.2) is 17.5 Å². The highest BCUT2D eigenvalue weighted by Crippen LogP contribution is 2.28. The highest BCUT2D eigenvalue weighted by Gasteiger charge is 2.19. The molecule has 0 aliphatic heterocycles. The van der Waals surface area contributed by atoms with Gasteiger partial charge in [0.25, 0.3) is 0 Å². The molecule has 7 heteroatoms. The molecule has 118 valence electrons. The van der Waals surface area contributed by atoms with Crippen molar-refractivity contribution in [2.75, 3.05) is 28.3 Å². The molecule has 2 aromatic carbocycles.